The second-order valence-corrected chi connectivity index (χ2v) is 11.9. The zero-order chi connectivity index (χ0) is 31.1. The summed E-state index contributed by atoms with van der Waals surface area (Å²) in [6, 6.07) is 5.91. The number of benzene rings is 1. The Hall–Kier alpha value is -3.41. The van der Waals surface area contributed by atoms with Crippen molar-refractivity contribution < 1.29 is 32.3 Å². The van der Waals surface area contributed by atoms with Crippen molar-refractivity contribution in [3.05, 3.63) is 42.5 Å². The van der Waals surface area contributed by atoms with Gasteiger partial charge in [-0.05, 0) is 31.8 Å². The Morgan fingerprint density at radius 3 is 2.33 bits per heavy atom. The average Bonchev–Trinajstić information content (AvgIpc) is 3.29. The lowest BCUT2D eigenvalue weighted by Gasteiger charge is -2.27. The van der Waals surface area contributed by atoms with Gasteiger partial charge in [-0.1, -0.05) is 46.8 Å². The molecule has 1 aliphatic carbocycles. The van der Waals surface area contributed by atoms with E-state index in [0.29, 0.717) is 0 Å². The first kappa shape index (κ1) is 31.5. The second-order valence-electron chi connectivity index (χ2n) is 10.6. The Morgan fingerprint density at radius 2 is 1.74 bits per heavy atom. The van der Waals surface area contributed by atoms with E-state index in [-0.39, 0.29) is 28.2 Å². The number of nitrogens with one attached hydrogen (secondary N) is 1. The van der Waals surface area contributed by atoms with Crippen molar-refractivity contribution in [2.45, 2.75) is 58.2 Å². The molecule has 1 saturated carbocycles. The fourth-order valence-corrected chi connectivity index (χ4v) is 6.28. The molecular weight excluding hydrogens is 568 g/mol. The van der Waals surface area contributed by atoms with E-state index in [1.54, 1.807) is 24.6 Å². The molecule has 1 amide bonds. The molecule has 3 heterocycles. The Kier molecular flexibility index (Phi) is 8.52. The number of rotatable bonds is 9. The number of aliphatic hydroxyl groups is 2. The summed E-state index contributed by atoms with van der Waals surface area (Å²) in [6.07, 6.45) is 0.0564. The number of imidazole rings is 1. The lowest BCUT2D eigenvalue weighted by atomic mass is 10.0. The van der Waals surface area contributed by atoms with Crippen molar-refractivity contribution in [2.24, 2.45) is 5.41 Å². The van der Waals surface area contributed by atoms with Crippen molar-refractivity contribution in [2.75, 3.05) is 37.7 Å². The summed E-state index contributed by atoms with van der Waals surface area (Å²) < 4.78 is 38.8. The van der Waals surface area contributed by atoms with Crippen molar-refractivity contribution in [3.8, 4) is 0 Å². The van der Waals surface area contributed by atoms with Crippen molar-refractivity contribution >= 4 is 38.9 Å². The number of nitrogens with two attached hydrogens (primary N) is 2. The minimum absolute atomic E-state index is 0.0542. The summed E-state index contributed by atoms with van der Waals surface area (Å²) in [5.41, 5.74) is 7.24. The van der Waals surface area contributed by atoms with Crippen molar-refractivity contribution in [1.29, 1.82) is 0 Å². The molecule has 1 aromatic carbocycles. The van der Waals surface area contributed by atoms with Gasteiger partial charge < -0.3 is 31.3 Å². The van der Waals surface area contributed by atoms with Gasteiger partial charge in [-0.15, -0.1) is 0 Å². The molecule has 2 fully saturated rings. The van der Waals surface area contributed by atoms with Crippen LogP contribution in [0.3, 0.4) is 0 Å². The maximum absolute atomic E-state index is 12.4. The van der Waals surface area contributed by atoms with E-state index < -0.39 is 51.8 Å². The van der Waals surface area contributed by atoms with Crippen LogP contribution < -0.4 is 16.2 Å². The molecule has 4 atom stereocenters. The Bertz CT molecular complexity index is 1560. The molecule has 3 aromatic rings. The Labute approximate surface area is 244 Å². The van der Waals surface area contributed by atoms with Gasteiger partial charge in [-0.2, -0.15) is 8.42 Å². The number of anilines is 2. The van der Waals surface area contributed by atoms with E-state index >= 15 is 0 Å². The first-order valence-electron chi connectivity index (χ1n) is 13.5. The molecule has 0 bridgehead atoms. The van der Waals surface area contributed by atoms with Gasteiger partial charge in [0.05, 0.1) is 18.5 Å². The van der Waals surface area contributed by atoms with Crippen molar-refractivity contribution in [3.63, 3.8) is 0 Å². The van der Waals surface area contributed by atoms with E-state index in [4.69, 9.17) is 20.4 Å². The first-order valence-corrected chi connectivity index (χ1v) is 14.9. The average molecular weight is 607 g/mol. The lowest BCUT2D eigenvalue weighted by Crippen LogP contribution is -2.40. The number of carbonyl (C=O) groups excluding carboxylic acids is 1. The van der Waals surface area contributed by atoms with Gasteiger partial charge >= 0.3 is 10.3 Å². The highest BCUT2D eigenvalue weighted by molar-refractivity contribution is 7.85. The molecule has 2 aromatic heterocycles. The normalized spacial score (nSPS) is 26.0. The number of aromatic nitrogens is 4. The first-order chi connectivity index (χ1) is 19.7. The van der Waals surface area contributed by atoms with E-state index in [1.165, 1.54) is 55.1 Å². The fraction of sp³-hybridized carbons (Fsp3) is 0.538. The molecule has 1 saturated heterocycles. The molecule has 1 aliphatic heterocycles. The van der Waals surface area contributed by atoms with Gasteiger partial charge in [0.2, 0.25) is 0 Å². The van der Waals surface area contributed by atoms with Crippen LogP contribution in [0.2, 0.25) is 0 Å². The smallest absolute Gasteiger partial charge is 0.362 e. The quantitative estimate of drug-likeness (QED) is 0.209. The summed E-state index contributed by atoms with van der Waals surface area (Å²) >= 11 is 0. The largest absolute Gasteiger partial charge is 0.398 e. The highest BCUT2D eigenvalue weighted by atomic mass is 32.2. The predicted octanol–water partition coefficient (Wildman–Crippen LogP) is 0.430. The molecule has 16 heteroatoms. The molecule has 5 rings (SSSR count). The van der Waals surface area contributed by atoms with Crippen LogP contribution >= 0.6 is 0 Å². The summed E-state index contributed by atoms with van der Waals surface area (Å²) in [6.45, 7) is 12.6. The second kappa shape index (κ2) is 11.3. The van der Waals surface area contributed by atoms with Crippen LogP contribution in [0.4, 0.5) is 11.5 Å². The number of carbonyl (C=O) groups is 1. The highest BCUT2D eigenvalue weighted by Crippen LogP contribution is 2.75. The van der Waals surface area contributed by atoms with Crippen molar-refractivity contribution in [1.82, 2.24) is 29.1 Å². The molecule has 0 unspecified atom stereocenters. The van der Waals surface area contributed by atoms with E-state index in [2.05, 4.69) is 40.6 Å². The molecule has 42 heavy (non-hydrogen) atoms. The number of hydrogen-bond acceptors (Lipinski definition) is 13. The monoisotopic (exact) mass is 606 g/mol. The molecule has 0 radical (unpaired) electrons. The van der Waals surface area contributed by atoms with E-state index in [1.807, 2.05) is 0 Å². The maximum Gasteiger partial charge on any atom is 0.362 e. The minimum atomic E-state index is -4.62. The molecule has 2 aliphatic rings. The molecule has 15 nitrogen and oxygen atoms in total. The number of para-hydroxylation sites is 1. The molecule has 230 valence electrons. The zero-order valence-corrected chi connectivity index (χ0v) is 25.0. The number of nitrogen functional groups attached to an aromatic ring is 2. The van der Waals surface area contributed by atoms with E-state index in [9.17, 15) is 23.4 Å². The van der Waals surface area contributed by atoms with Crippen LogP contribution in [0.15, 0.2) is 36.9 Å². The number of fused-ring (bicyclic) bond motifs is 2. The summed E-state index contributed by atoms with van der Waals surface area (Å²) in [4.78, 5) is 26.8. The number of amides is 1. The maximum atomic E-state index is 12.4. The third-order valence-corrected chi connectivity index (χ3v) is 9.20. The van der Waals surface area contributed by atoms with Gasteiger partial charge in [-0.25, -0.2) is 19.7 Å². The lowest BCUT2D eigenvalue weighted by molar-refractivity contribution is -0.120. The number of ether oxygens (including phenoxy) is 1. The van der Waals surface area contributed by atoms with Gasteiger partial charge in [0, 0.05) is 11.1 Å². The topological polar surface area (TPSA) is 221 Å². The zero-order valence-electron chi connectivity index (χ0n) is 24.2. The van der Waals surface area contributed by atoms with Gasteiger partial charge in [-0.3, -0.25) is 13.5 Å². The SMILES string of the molecule is CC1(C)[C@]2(O)[C@H](n3cnc4c(N)ncnc43)O[C@H](COS(=O)(=O)NC(=O)c3ccccc3N)[C@]12O.CCN(CC)CC. The summed E-state index contributed by atoms with van der Waals surface area (Å²) in [5.74, 6) is -0.873. The third kappa shape index (κ3) is 4.97. The highest BCUT2D eigenvalue weighted by Gasteiger charge is 2.92. The van der Waals surface area contributed by atoms with Crippen LogP contribution in [-0.4, -0.2) is 92.5 Å². The van der Waals surface area contributed by atoms with Gasteiger partial charge in [0.15, 0.2) is 17.7 Å². The number of hydrogen-bond donors (Lipinski definition) is 5. The van der Waals surface area contributed by atoms with Crippen LogP contribution in [-0.2, 0) is 19.2 Å². The standard InChI is InChI=1S/C20H23N7O7S.C6H15N/c1-18(2)19(29)12(7-33-35(31,32)26-16(28)10-5-3-4-6-11(10)21)34-17(20(18,19)30)27-9-25-13-14(22)23-8-24-15(13)27;1-4-7(5-2)6-3/h3-6,8-9,12,17,29-30H,7,21H2,1-2H3,(H,26,28)(H2,22,23,24);4-6H2,1-3H3/t12-,17-,19+,20-;/m1./s1. The van der Waals surface area contributed by atoms with Gasteiger partial charge in [0.25, 0.3) is 5.91 Å². The third-order valence-electron chi connectivity index (χ3n) is 8.32. The van der Waals surface area contributed by atoms with Crippen LogP contribution in [0, 0.1) is 5.41 Å². The van der Waals surface area contributed by atoms with Crippen LogP contribution in [0.1, 0.15) is 51.2 Å². The minimum Gasteiger partial charge on any atom is -0.398 e. The Balaban J connectivity index is 0.000000517. The van der Waals surface area contributed by atoms with Gasteiger partial charge in [0.1, 0.15) is 29.2 Å². The molecule has 7 N–H and O–H groups in total. The van der Waals surface area contributed by atoms with E-state index in [0.717, 1.165) is 0 Å². The van der Waals surface area contributed by atoms with Crippen LogP contribution in [0.25, 0.3) is 11.2 Å². The van der Waals surface area contributed by atoms with Crippen LogP contribution in [0.5, 0.6) is 0 Å². The molecular formula is C26H38N8O7S. The molecule has 0 spiro atoms. The summed E-state index contributed by atoms with van der Waals surface area (Å²) in [5, 5.41) is 22.8. The Morgan fingerprint density at radius 1 is 1.10 bits per heavy atom. The predicted molar refractivity (Wildman–Crippen MR) is 154 cm³/mol. The summed E-state index contributed by atoms with van der Waals surface area (Å²) in [7, 11) is -4.62. The number of nitrogens with zero attached hydrogens (tertiary/aromatic N) is 5. The fourth-order valence-electron chi connectivity index (χ4n) is 5.59.